The topological polar surface area (TPSA) is 55.8 Å². The predicted molar refractivity (Wildman–Crippen MR) is 104 cm³/mol. The van der Waals surface area contributed by atoms with Gasteiger partial charge in [0.25, 0.3) is 0 Å². The molecule has 4 rings (SSSR count). The quantitative estimate of drug-likeness (QED) is 0.715. The van der Waals surface area contributed by atoms with Gasteiger partial charge in [-0.1, -0.05) is 26.8 Å². The molecule has 0 amide bonds. The molecule has 1 aromatic rings. The highest BCUT2D eigenvalue weighted by Gasteiger charge is 2.63. The predicted octanol–water partition coefficient (Wildman–Crippen LogP) is 4.87. The zero-order chi connectivity index (χ0) is 19.6. The van der Waals surface area contributed by atoms with Crippen LogP contribution in [0.2, 0.25) is 0 Å². The average molecular weight is 373 g/mol. The number of phenolic OH excluding ortho intramolecular Hbond substituents is 1. The minimum absolute atomic E-state index is 0.0253. The average Bonchev–Trinajstić information content (AvgIpc) is 2.56. The van der Waals surface area contributed by atoms with Crippen molar-refractivity contribution in [2.24, 2.45) is 22.7 Å². The Labute approximate surface area is 162 Å². The zero-order valence-electron chi connectivity index (χ0n) is 17.2. The van der Waals surface area contributed by atoms with Gasteiger partial charge in [-0.25, -0.2) is 0 Å². The van der Waals surface area contributed by atoms with Crippen LogP contribution in [0.15, 0.2) is 18.2 Å². The Morgan fingerprint density at radius 2 is 1.89 bits per heavy atom. The number of hydrogen-bond acceptors (Lipinski definition) is 4. The van der Waals surface area contributed by atoms with Gasteiger partial charge in [0.1, 0.15) is 23.2 Å². The molecule has 0 aromatic heterocycles. The maximum atomic E-state index is 11.6. The second-order valence-corrected chi connectivity index (χ2v) is 9.98. The number of hydrogen-bond donors (Lipinski definition) is 1. The van der Waals surface area contributed by atoms with Gasteiger partial charge in [0, 0.05) is 23.8 Å². The Balaban J connectivity index is 1.72. The van der Waals surface area contributed by atoms with Gasteiger partial charge >= 0.3 is 5.97 Å². The standard InChI is InChI=1S/C23H32O4/c1-14(24)26-20-10-11-22(4)18(21(20,2)3)9-12-23(5)19(22)13-15-16(25)7-6-8-17(15)27-23/h6-8,18-20,25H,9-13H2,1-5H3/t18-,19+,20-,22-,23-/m0/s1. The second kappa shape index (κ2) is 5.89. The van der Waals surface area contributed by atoms with Crippen LogP contribution in [0.25, 0.3) is 0 Å². The summed E-state index contributed by atoms with van der Waals surface area (Å²) >= 11 is 0. The number of carbonyl (C=O) groups is 1. The molecule has 2 saturated carbocycles. The van der Waals surface area contributed by atoms with Crippen molar-refractivity contribution in [3.8, 4) is 11.5 Å². The largest absolute Gasteiger partial charge is 0.508 e. The molecule has 0 unspecified atom stereocenters. The van der Waals surface area contributed by atoms with Crippen molar-refractivity contribution in [1.29, 1.82) is 0 Å². The van der Waals surface area contributed by atoms with Crippen molar-refractivity contribution >= 4 is 5.97 Å². The molecule has 2 aliphatic carbocycles. The zero-order valence-corrected chi connectivity index (χ0v) is 17.2. The number of esters is 1. The first-order valence-electron chi connectivity index (χ1n) is 10.2. The third-order valence-corrected chi connectivity index (χ3v) is 8.10. The maximum Gasteiger partial charge on any atom is 0.302 e. The van der Waals surface area contributed by atoms with Crippen molar-refractivity contribution in [2.45, 2.75) is 78.4 Å². The van der Waals surface area contributed by atoms with Crippen LogP contribution >= 0.6 is 0 Å². The number of fused-ring (bicyclic) bond motifs is 4. The summed E-state index contributed by atoms with van der Waals surface area (Å²) in [4.78, 5) is 11.6. The highest BCUT2D eigenvalue weighted by Crippen LogP contribution is 2.65. The number of ether oxygens (including phenoxy) is 2. The second-order valence-electron chi connectivity index (χ2n) is 9.98. The van der Waals surface area contributed by atoms with Gasteiger partial charge in [0.05, 0.1) is 0 Å². The Morgan fingerprint density at radius 3 is 2.59 bits per heavy atom. The summed E-state index contributed by atoms with van der Waals surface area (Å²) in [7, 11) is 0. The lowest BCUT2D eigenvalue weighted by molar-refractivity contribution is -0.203. The summed E-state index contributed by atoms with van der Waals surface area (Å²) in [6.07, 6.45) is 4.79. The fourth-order valence-corrected chi connectivity index (χ4v) is 6.78. The molecule has 1 aliphatic heterocycles. The molecule has 0 saturated heterocycles. The van der Waals surface area contributed by atoms with Crippen molar-refractivity contribution in [1.82, 2.24) is 0 Å². The summed E-state index contributed by atoms with van der Waals surface area (Å²) in [6, 6.07) is 5.60. The van der Waals surface area contributed by atoms with Crippen molar-refractivity contribution in [3.05, 3.63) is 23.8 Å². The Kier molecular flexibility index (Phi) is 4.07. The van der Waals surface area contributed by atoms with Crippen LogP contribution in [0.1, 0.15) is 65.9 Å². The van der Waals surface area contributed by atoms with E-state index in [1.807, 2.05) is 12.1 Å². The van der Waals surface area contributed by atoms with Crippen LogP contribution in [0, 0.1) is 22.7 Å². The molecule has 5 atom stereocenters. The van der Waals surface area contributed by atoms with E-state index in [-0.39, 0.29) is 28.5 Å². The number of aromatic hydroxyl groups is 1. The van der Waals surface area contributed by atoms with Gasteiger partial charge < -0.3 is 14.6 Å². The fourth-order valence-electron chi connectivity index (χ4n) is 6.78. The lowest BCUT2D eigenvalue weighted by Gasteiger charge is -2.64. The van der Waals surface area contributed by atoms with E-state index >= 15 is 0 Å². The van der Waals surface area contributed by atoms with Gasteiger partial charge in [-0.3, -0.25) is 4.79 Å². The number of carbonyl (C=O) groups excluding carboxylic acids is 1. The molecule has 1 heterocycles. The van der Waals surface area contributed by atoms with E-state index < -0.39 is 0 Å². The molecule has 1 N–H and O–H groups in total. The molecule has 27 heavy (non-hydrogen) atoms. The van der Waals surface area contributed by atoms with Crippen LogP contribution in [0.3, 0.4) is 0 Å². The lowest BCUT2D eigenvalue weighted by Crippen LogP contribution is -2.63. The molecule has 1 aromatic carbocycles. The van der Waals surface area contributed by atoms with Gasteiger partial charge in [-0.15, -0.1) is 0 Å². The first-order valence-corrected chi connectivity index (χ1v) is 10.2. The first kappa shape index (κ1) is 18.6. The molecule has 4 heteroatoms. The van der Waals surface area contributed by atoms with Crippen LogP contribution in [0.5, 0.6) is 11.5 Å². The van der Waals surface area contributed by atoms with E-state index in [1.54, 1.807) is 6.07 Å². The van der Waals surface area contributed by atoms with E-state index in [1.165, 1.54) is 6.92 Å². The smallest absolute Gasteiger partial charge is 0.302 e. The number of phenols is 1. The third kappa shape index (κ3) is 2.67. The molecule has 3 aliphatic rings. The summed E-state index contributed by atoms with van der Waals surface area (Å²) in [6.45, 7) is 10.7. The van der Waals surface area contributed by atoms with Crippen molar-refractivity contribution in [2.75, 3.05) is 0 Å². The van der Waals surface area contributed by atoms with Crippen molar-refractivity contribution in [3.63, 3.8) is 0 Å². The Bertz CT molecular complexity index is 770. The van der Waals surface area contributed by atoms with E-state index in [2.05, 4.69) is 27.7 Å². The molecular weight excluding hydrogens is 340 g/mol. The van der Waals surface area contributed by atoms with E-state index in [9.17, 15) is 9.90 Å². The fraction of sp³-hybridized carbons (Fsp3) is 0.696. The third-order valence-electron chi connectivity index (χ3n) is 8.10. The summed E-state index contributed by atoms with van der Waals surface area (Å²) < 4.78 is 12.3. The molecular formula is C23H32O4. The minimum atomic E-state index is -0.212. The number of rotatable bonds is 1. The van der Waals surface area contributed by atoms with Crippen LogP contribution < -0.4 is 4.74 Å². The maximum absolute atomic E-state index is 11.6. The van der Waals surface area contributed by atoms with E-state index in [0.717, 1.165) is 43.4 Å². The minimum Gasteiger partial charge on any atom is -0.508 e. The van der Waals surface area contributed by atoms with Gasteiger partial charge in [-0.2, -0.15) is 0 Å². The SMILES string of the molecule is CC(=O)O[C@H]1CC[C@]2(C)[C@H]3Cc4c(O)cccc4O[C@@]3(C)CC[C@H]2C1(C)C. The number of benzene rings is 1. The first-order chi connectivity index (χ1) is 12.6. The molecule has 4 nitrogen and oxygen atoms in total. The van der Waals surface area contributed by atoms with E-state index in [4.69, 9.17) is 9.47 Å². The van der Waals surface area contributed by atoms with Gasteiger partial charge in [0.2, 0.25) is 0 Å². The van der Waals surface area contributed by atoms with Crippen LogP contribution in [-0.2, 0) is 16.0 Å². The van der Waals surface area contributed by atoms with E-state index in [0.29, 0.717) is 17.6 Å². The van der Waals surface area contributed by atoms with Crippen LogP contribution in [-0.4, -0.2) is 22.8 Å². The summed E-state index contributed by atoms with van der Waals surface area (Å²) in [5, 5.41) is 10.4. The molecule has 2 fully saturated rings. The summed E-state index contributed by atoms with van der Waals surface area (Å²) in [5.74, 6) is 1.79. The lowest BCUT2D eigenvalue weighted by atomic mass is 9.44. The normalized spacial score (nSPS) is 39.4. The monoisotopic (exact) mass is 372 g/mol. The Hall–Kier alpha value is -1.71. The van der Waals surface area contributed by atoms with Crippen LogP contribution in [0.4, 0.5) is 0 Å². The highest BCUT2D eigenvalue weighted by atomic mass is 16.5. The van der Waals surface area contributed by atoms with Crippen molar-refractivity contribution < 1.29 is 19.4 Å². The van der Waals surface area contributed by atoms with Gasteiger partial charge in [0.15, 0.2) is 0 Å². The molecule has 0 spiro atoms. The molecule has 148 valence electrons. The van der Waals surface area contributed by atoms with Gasteiger partial charge in [-0.05, 0) is 62.5 Å². The Morgan fingerprint density at radius 1 is 1.15 bits per heavy atom. The molecule has 0 radical (unpaired) electrons. The molecule has 0 bridgehead atoms. The highest BCUT2D eigenvalue weighted by molar-refractivity contribution is 5.66. The summed E-state index contributed by atoms with van der Waals surface area (Å²) in [5.41, 5.74) is 0.754.